The first kappa shape index (κ1) is 12.6. The molecule has 4 heteroatoms. The van der Waals surface area contributed by atoms with Crippen molar-refractivity contribution in [3.8, 4) is 0 Å². The van der Waals surface area contributed by atoms with E-state index in [4.69, 9.17) is 0 Å². The summed E-state index contributed by atoms with van der Waals surface area (Å²) in [5.41, 5.74) is 0.666. The average molecular weight is 246 g/mol. The molecule has 0 aromatic heterocycles. The van der Waals surface area contributed by atoms with Crippen LogP contribution in [-0.4, -0.2) is 41.4 Å². The third-order valence-electron chi connectivity index (χ3n) is 3.63. The average Bonchev–Trinajstić information content (AvgIpc) is 2.41. The van der Waals surface area contributed by atoms with E-state index in [0.717, 1.165) is 0 Å². The first-order valence-electron chi connectivity index (χ1n) is 6.13. The van der Waals surface area contributed by atoms with Crippen molar-refractivity contribution >= 4 is 11.8 Å². The zero-order chi connectivity index (χ0) is 13.3. The van der Waals surface area contributed by atoms with Crippen molar-refractivity contribution in [1.29, 1.82) is 0 Å². The molecule has 0 bridgehead atoms. The van der Waals surface area contributed by atoms with Gasteiger partial charge in [0, 0.05) is 18.7 Å². The largest absolute Gasteiger partial charge is 0.328 e. The second-order valence-corrected chi connectivity index (χ2v) is 4.85. The van der Waals surface area contributed by atoms with Crippen LogP contribution >= 0.6 is 0 Å². The molecule has 0 aliphatic carbocycles. The van der Waals surface area contributed by atoms with Gasteiger partial charge in [0.25, 0.3) is 5.91 Å². The molecule has 2 rings (SSSR count). The minimum atomic E-state index is -0.156. The van der Waals surface area contributed by atoms with E-state index in [-0.39, 0.29) is 23.8 Å². The molecule has 0 spiro atoms. The van der Waals surface area contributed by atoms with Crippen LogP contribution in [0.4, 0.5) is 0 Å². The molecule has 1 fully saturated rings. The second-order valence-electron chi connectivity index (χ2n) is 4.85. The van der Waals surface area contributed by atoms with E-state index in [1.165, 1.54) is 0 Å². The van der Waals surface area contributed by atoms with E-state index in [1.54, 1.807) is 29.0 Å². The van der Waals surface area contributed by atoms with Gasteiger partial charge in [-0.3, -0.25) is 9.59 Å². The maximum atomic E-state index is 12.4. The van der Waals surface area contributed by atoms with Gasteiger partial charge < -0.3 is 9.80 Å². The molecule has 1 aliphatic rings. The molecular formula is C14H18N2O2. The summed E-state index contributed by atoms with van der Waals surface area (Å²) in [5, 5.41) is 0. The summed E-state index contributed by atoms with van der Waals surface area (Å²) in [6, 6.07) is 9.11. The Labute approximate surface area is 107 Å². The van der Waals surface area contributed by atoms with Crippen molar-refractivity contribution in [2.24, 2.45) is 5.92 Å². The summed E-state index contributed by atoms with van der Waals surface area (Å²) < 4.78 is 0. The lowest BCUT2D eigenvalue weighted by Gasteiger charge is -2.41. The molecule has 0 unspecified atom stereocenters. The molecule has 18 heavy (non-hydrogen) atoms. The summed E-state index contributed by atoms with van der Waals surface area (Å²) in [4.78, 5) is 27.6. The number of carbonyl (C=O) groups is 2. The van der Waals surface area contributed by atoms with E-state index < -0.39 is 0 Å². The van der Waals surface area contributed by atoms with Gasteiger partial charge >= 0.3 is 0 Å². The standard InChI is InChI=1S/C14H18N2O2/c1-10-11(2)16(9-15(3)13(10)17)14(18)12-7-5-4-6-8-12/h4-8,10-11H,9H2,1-3H3/t10-,11+/m1/s1. The Morgan fingerprint density at radius 2 is 1.83 bits per heavy atom. The Balaban J connectivity index is 2.23. The highest BCUT2D eigenvalue weighted by atomic mass is 16.2. The van der Waals surface area contributed by atoms with Crippen LogP contribution in [0.1, 0.15) is 24.2 Å². The van der Waals surface area contributed by atoms with Crippen molar-refractivity contribution in [3.63, 3.8) is 0 Å². The summed E-state index contributed by atoms with van der Waals surface area (Å²) >= 11 is 0. The number of nitrogens with zero attached hydrogens (tertiary/aromatic N) is 2. The van der Waals surface area contributed by atoms with Crippen LogP contribution in [0, 0.1) is 5.92 Å². The lowest BCUT2D eigenvalue weighted by molar-refractivity contribution is -0.142. The Hall–Kier alpha value is -1.84. The van der Waals surface area contributed by atoms with Crippen LogP contribution in [0.5, 0.6) is 0 Å². The van der Waals surface area contributed by atoms with E-state index in [1.807, 2.05) is 32.0 Å². The van der Waals surface area contributed by atoms with Crippen molar-refractivity contribution in [1.82, 2.24) is 9.80 Å². The molecule has 0 N–H and O–H groups in total. The minimum absolute atomic E-state index is 0.0192. The van der Waals surface area contributed by atoms with Crippen molar-refractivity contribution in [2.45, 2.75) is 19.9 Å². The predicted molar refractivity (Wildman–Crippen MR) is 68.9 cm³/mol. The smallest absolute Gasteiger partial charge is 0.255 e. The van der Waals surface area contributed by atoms with Gasteiger partial charge in [-0.2, -0.15) is 0 Å². The second kappa shape index (κ2) is 4.80. The number of carbonyl (C=O) groups excluding carboxylic acids is 2. The summed E-state index contributed by atoms with van der Waals surface area (Å²) in [6.45, 7) is 4.16. The van der Waals surface area contributed by atoms with Crippen LogP contribution in [0.15, 0.2) is 30.3 Å². The summed E-state index contributed by atoms with van der Waals surface area (Å²) in [7, 11) is 1.73. The Morgan fingerprint density at radius 1 is 1.22 bits per heavy atom. The maximum Gasteiger partial charge on any atom is 0.255 e. The van der Waals surface area contributed by atoms with Gasteiger partial charge in [-0.25, -0.2) is 0 Å². The van der Waals surface area contributed by atoms with Gasteiger partial charge in [0.2, 0.25) is 5.91 Å². The van der Waals surface area contributed by atoms with Gasteiger partial charge in [-0.15, -0.1) is 0 Å². The van der Waals surface area contributed by atoms with Crippen LogP contribution in [-0.2, 0) is 4.79 Å². The molecule has 1 aromatic rings. The quantitative estimate of drug-likeness (QED) is 0.755. The monoisotopic (exact) mass is 246 g/mol. The molecule has 0 radical (unpaired) electrons. The summed E-state index contributed by atoms with van der Waals surface area (Å²) in [6.07, 6.45) is 0. The van der Waals surface area contributed by atoms with Crippen molar-refractivity contribution in [3.05, 3.63) is 35.9 Å². The Kier molecular flexibility index (Phi) is 3.36. The maximum absolute atomic E-state index is 12.4. The topological polar surface area (TPSA) is 40.6 Å². The molecule has 0 saturated carbocycles. The predicted octanol–water partition coefficient (Wildman–Crippen LogP) is 1.58. The van der Waals surface area contributed by atoms with Gasteiger partial charge in [-0.05, 0) is 19.1 Å². The number of amides is 2. The van der Waals surface area contributed by atoms with Crippen molar-refractivity contribution in [2.75, 3.05) is 13.7 Å². The third kappa shape index (κ3) is 2.10. The molecule has 2 atom stereocenters. The highest BCUT2D eigenvalue weighted by molar-refractivity contribution is 5.95. The molecule has 96 valence electrons. The third-order valence-corrected chi connectivity index (χ3v) is 3.63. The number of benzene rings is 1. The van der Waals surface area contributed by atoms with Crippen LogP contribution in [0.3, 0.4) is 0 Å². The lowest BCUT2D eigenvalue weighted by Crippen LogP contribution is -2.57. The zero-order valence-corrected chi connectivity index (χ0v) is 11.0. The van der Waals surface area contributed by atoms with Crippen LogP contribution < -0.4 is 0 Å². The molecule has 1 saturated heterocycles. The van der Waals surface area contributed by atoms with E-state index in [2.05, 4.69) is 0 Å². The van der Waals surface area contributed by atoms with Gasteiger partial charge in [0.15, 0.2) is 0 Å². The highest BCUT2D eigenvalue weighted by Gasteiger charge is 2.36. The van der Waals surface area contributed by atoms with Crippen molar-refractivity contribution < 1.29 is 9.59 Å². The molecule has 4 nitrogen and oxygen atoms in total. The molecule has 2 amide bonds. The number of hydrogen-bond donors (Lipinski definition) is 0. The zero-order valence-electron chi connectivity index (χ0n) is 11.0. The Morgan fingerprint density at radius 3 is 2.44 bits per heavy atom. The SMILES string of the molecule is C[C@H]1C(=O)N(C)CN(C(=O)c2ccccc2)[C@H]1C. The fourth-order valence-electron chi connectivity index (χ4n) is 2.25. The summed E-state index contributed by atoms with van der Waals surface area (Å²) in [5.74, 6) is -0.0784. The number of rotatable bonds is 1. The lowest BCUT2D eigenvalue weighted by atomic mass is 9.97. The van der Waals surface area contributed by atoms with E-state index in [9.17, 15) is 9.59 Å². The molecule has 1 aliphatic heterocycles. The fourth-order valence-corrected chi connectivity index (χ4v) is 2.25. The normalized spacial score (nSPS) is 24.3. The highest BCUT2D eigenvalue weighted by Crippen LogP contribution is 2.21. The first-order chi connectivity index (χ1) is 8.52. The van der Waals surface area contributed by atoms with Crippen LogP contribution in [0.25, 0.3) is 0 Å². The Bertz CT molecular complexity index is 458. The van der Waals surface area contributed by atoms with Gasteiger partial charge in [0.1, 0.15) is 0 Å². The van der Waals surface area contributed by atoms with Gasteiger partial charge in [0.05, 0.1) is 12.6 Å². The van der Waals surface area contributed by atoms with Crippen LogP contribution in [0.2, 0.25) is 0 Å². The fraction of sp³-hybridized carbons (Fsp3) is 0.429. The number of hydrogen-bond acceptors (Lipinski definition) is 2. The minimum Gasteiger partial charge on any atom is -0.328 e. The van der Waals surface area contributed by atoms with E-state index in [0.29, 0.717) is 12.2 Å². The van der Waals surface area contributed by atoms with Gasteiger partial charge in [-0.1, -0.05) is 25.1 Å². The molecular weight excluding hydrogens is 228 g/mol. The first-order valence-corrected chi connectivity index (χ1v) is 6.13. The molecule has 1 aromatic carbocycles. The van der Waals surface area contributed by atoms with E-state index >= 15 is 0 Å². The molecule has 1 heterocycles.